The highest BCUT2D eigenvalue weighted by atomic mass is 16.5. The van der Waals surface area contributed by atoms with E-state index in [1.54, 1.807) is 0 Å². The van der Waals surface area contributed by atoms with Gasteiger partial charge in [-0.1, -0.05) is 13.8 Å². The van der Waals surface area contributed by atoms with Crippen LogP contribution >= 0.6 is 0 Å². The maximum atomic E-state index is 12.3. The summed E-state index contributed by atoms with van der Waals surface area (Å²) in [6.45, 7) is 5.60. The summed E-state index contributed by atoms with van der Waals surface area (Å²) < 4.78 is 11.2. The Morgan fingerprint density at radius 2 is 1.89 bits per heavy atom. The molecule has 0 aromatic heterocycles. The van der Waals surface area contributed by atoms with Crippen LogP contribution in [0.4, 0.5) is 0 Å². The third kappa shape index (κ3) is 1.98. The van der Waals surface area contributed by atoms with E-state index in [0.29, 0.717) is 19.0 Å². The first-order valence-corrected chi connectivity index (χ1v) is 6.52. The number of hydrogen-bond acceptors (Lipinski definition) is 3. The Morgan fingerprint density at radius 1 is 1.22 bits per heavy atom. The van der Waals surface area contributed by atoms with E-state index in [4.69, 9.17) is 9.47 Å². The monoisotopic (exact) mass is 246 g/mol. The molecule has 3 nitrogen and oxygen atoms in total. The van der Waals surface area contributed by atoms with Crippen molar-refractivity contribution in [2.45, 2.75) is 26.7 Å². The van der Waals surface area contributed by atoms with Crippen LogP contribution in [0.3, 0.4) is 0 Å². The van der Waals surface area contributed by atoms with Gasteiger partial charge >= 0.3 is 0 Å². The average Bonchev–Trinajstić information content (AvgIpc) is 3.04. The lowest BCUT2D eigenvalue weighted by Gasteiger charge is -2.09. The van der Waals surface area contributed by atoms with Gasteiger partial charge in [-0.2, -0.15) is 0 Å². The Morgan fingerprint density at radius 3 is 2.56 bits per heavy atom. The molecule has 1 aliphatic heterocycles. The molecule has 0 radical (unpaired) electrons. The molecule has 3 heteroatoms. The molecule has 0 amide bonds. The minimum absolute atomic E-state index is 0.168. The van der Waals surface area contributed by atoms with Gasteiger partial charge in [0.05, 0.1) is 13.2 Å². The van der Waals surface area contributed by atoms with E-state index < -0.39 is 0 Å². The molecule has 1 aromatic carbocycles. The second-order valence-corrected chi connectivity index (χ2v) is 5.82. The van der Waals surface area contributed by atoms with Crippen molar-refractivity contribution in [3.8, 4) is 11.5 Å². The van der Waals surface area contributed by atoms with Crippen molar-refractivity contribution in [1.82, 2.24) is 0 Å². The van der Waals surface area contributed by atoms with Crippen molar-refractivity contribution in [3.63, 3.8) is 0 Å². The third-order valence-corrected chi connectivity index (χ3v) is 3.86. The van der Waals surface area contributed by atoms with Crippen molar-refractivity contribution in [1.29, 1.82) is 0 Å². The number of benzene rings is 1. The largest absolute Gasteiger partial charge is 0.490 e. The van der Waals surface area contributed by atoms with Crippen molar-refractivity contribution in [3.05, 3.63) is 23.8 Å². The van der Waals surface area contributed by atoms with Crippen molar-refractivity contribution < 1.29 is 14.3 Å². The molecule has 1 aromatic rings. The first-order valence-electron chi connectivity index (χ1n) is 6.52. The first-order chi connectivity index (χ1) is 8.58. The van der Waals surface area contributed by atoms with Crippen molar-refractivity contribution in [2.75, 3.05) is 13.2 Å². The Balaban J connectivity index is 1.86. The molecule has 1 fully saturated rings. The van der Waals surface area contributed by atoms with E-state index in [9.17, 15) is 4.79 Å². The molecule has 18 heavy (non-hydrogen) atoms. The Hall–Kier alpha value is -1.51. The summed E-state index contributed by atoms with van der Waals surface area (Å²) in [5, 5.41) is 0. The van der Waals surface area contributed by atoms with E-state index >= 15 is 0 Å². The second-order valence-electron chi connectivity index (χ2n) is 5.82. The molecule has 0 spiro atoms. The molecule has 96 valence electrons. The molecule has 0 bridgehead atoms. The van der Waals surface area contributed by atoms with Crippen LogP contribution in [-0.4, -0.2) is 19.0 Å². The highest BCUT2D eigenvalue weighted by molar-refractivity contribution is 6.00. The molecule has 1 unspecified atom stereocenters. The van der Waals surface area contributed by atoms with Crippen LogP contribution in [-0.2, 0) is 0 Å². The Labute approximate surface area is 107 Å². The zero-order valence-corrected chi connectivity index (χ0v) is 10.9. The normalized spacial score (nSPS) is 24.2. The summed E-state index contributed by atoms with van der Waals surface area (Å²) >= 11 is 0. The Kier molecular flexibility index (Phi) is 2.58. The highest BCUT2D eigenvalue weighted by Gasteiger charge is 2.50. The third-order valence-electron chi connectivity index (χ3n) is 3.86. The number of carbonyl (C=O) groups excluding carboxylic acids is 1. The predicted octanol–water partition coefficient (Wildman–Crippen LogP) is 3.08. The number of ketones is 1. The molecule has 2 aliphatic rings. The van der Waals surface area contributed by atoms with E-state index in [1.165, 1.54) is 0 Å². The minimum Gasteiger partial charge on any atom is -0.490 e. The number of ether oxygens (including phenoxy) is 2. The molecule has 0 saturated heterocycles. The second kappa shape index (κ2) is 4.01. The summed E-state index contributed by atoms with van der Waals surface area (Å²) in [4.78, 5) is 12.3. The molecule has 1 atom stereocenters. The highest BCUT2D eigenvalue weighted by Crippen LogP contribution is 2.53. The molecule has 1 aliphatic carbocycles. The van der Waals surface area contributed by atoms with Gasteiger partial charge < -0.3 is 9.47 Å². The fourth-order valence-electron chi connectivity index (χ4n) is 2.43. The number of fused-ring (bicyclic) bond motifs is 1. The van der Waals surface area contributed by atoms with Gasteiger partial charge in [-0.3, -0.25) is 4.79 Å². The lowest BCUT2D eigenvalue weighted by Crippen LogP contribution is -2.07. The van der Waals surface area contributed by atoms with Crippen molar-refractivity contribution in [2.24, 2.45) is 11.3 Å². The molecular formula is C15H18O3. The molecular weight excluding hydrogens is 228 g/mol. The summed E-state index contributed by atoms with van der Waals surface area (Å²) in [7, 11) is 0. The minimum atomic E-state index is 0.168. The Bertz CT molecular complexity index is 491. The van der Waals surface area contributed by atoms with Crippen LogP contribution < -0.4 is 9.47 Å². The number of Topliss-reactive ketones (excluding diaryl/α,β-unsaturated/α-hetero) is 1. The van der Waals surface area contributed by atoms with Crippen LogP contribution in [0.5, 0.6) is 11.5 Å². The van der Waals surface area contributed by atoms with Crippen LogP contribution in [0.2, 0.25) is 0 Å². The fraction of sp³-hybridized carbons (Fsp3) is 0.533. The van der Waals surface area contributed by atoms with Gasteiger partial charge in [-0.25, -0.2) is 0 Å². The molecule has 3 rings (SSSR count). The zero-order chi connectivity index (χ0) is 12.8. The van der Waals surface area contributed by atoms with Crippen LogP contribution in [0.25, 0.3) is 0 Å². The summed E-state index contributed by atoms with van der Waals surface area (Å²) in [6, 6.07) is 5.53. The maximum absolute atomic E-state index is 12.3. The van der Waals surface area contributed by atoms with Gasteiger partial charge in [-0.05, 0) is 30.0 Å². The molecule has 1 heterocycles. The first kappa shape index (κ1) is 11.6. The topological polar surface area (TPSA) is 35.5 Å². The van der Waals surface area contributed by atoms with Crippen LogP contribution in [0.15, 0.2) is 18.2 Å². The molecule has 1 saturated carbocycles. The van der Waals surface area contributed by atoms with Gasteiger partial charge in [0.25, 0.3) is 0 Å². The fourth-order valence-corrected chi connectivity index (χ4v) is 2.43. The quantitative estimate of drug-likeness (QED) is 0.752. The summed E-state index contributed by atoms with van der Waals surface area (Å²) in [5.41, 5.74) is 0.913. The number of carbonyl (C=O) groups is 1. The number of rotatable bonds is 2. The van der Waals surface area contributed by atoms with E-state index in [2.05, 4.69) is 13.8 Å². The van der Waals surface area contributed by atoms with Crippen LogP contribution in [0, 0.1) is 11.3 Å². The average molecular weight is 246 g/mol. The lowest BCUT2D eigenvalue weighted by atomic mass is 10.0. The summed E-state index contributed by atoms with van der Waals surface area (Å²) in [6.07, 6.45) is 1.87. The van der Waals surface area contributed by atoms with E-state index in [1.807, 2.05) is 18.2 Å². The van der Waals surface area contributed by atoms with Gasteiger partial charge in [0, 0.05) is 17.9 Å². The smallest absolute Gasteiger partial charge is 0.166 e. The van der Waals surface area contributed by atoms with Crippen LogP contribution in [0.1, 0.15) is 37.0 Å². The standard InChI is InChI=1S/C15H18O3/c1-15(2)9-11(15)14(16)10-4-5-12-13(8-10)18-7-3-6-17-12/h4-5,8,11H,3,6-7,9H2,1-2H3. The van der Waals surface area contributed by atoms with Crippen molar-refractivity contribution >= 4 is 5.78 Å². The SMILES string of the molecule is CC1(C)CC1C(=O)c1ccc2c(c1)OCCCO2. The van der Waals surface area contributed by atoms with Gasteiger partial charge in [0.1, 0.15) is 0 Å². The molecule has 0 N–H and O–H groups in total. The van der Waals surface area contributed by atoms with E-state index in [-0.39, 0.29) is 17.1 Å². The lowest BCUT2D eigenvalue weighted by molar-refractivity contribution is 0.0953. The maximum Gasteiger partial charge on any atom is 0.166 e. The van der Waals surface area contributed by atoms with E-state index in [0.717, 1.165) is 24.2 Å². The zero-order valence-electron chi connectivity index (χ0n) is 10.9. The van der Waals surface area contributed by atoms with Gasteiger partial charge in [0.2, 0.25) is 0 Å². The number of hydrogen-bond donors (Lipinski definition) is 0. The van der Waals surface area contributed by atoms with Gasteiger partial charge in [-0.15, -0.1) is 0 Å². The summed E-state index contributed by atoms with van der Waals surface area (Å²) in [5.74, 6) is 1.86. The van der Waals surface area contributed by atoms with Gasteiger partial charge in [0.15, 0.2) is 17.3 Å². The predicted molar refractivity (Wildman–Crippen MR) is 68.3 cm³/mol.